The molecule has 0 saturated carbocycles. The number of carbonyl (C=O) groups is 2. The molecule has 0 aliphatic carbocycles. The summed E-state index contributed by atoms with van der Waals surface area (Å²) < 4.78 is 10.6. The van der Waals surface area contributed by atoms with Crippen LogP contribution >= 0.6 is 0 Å². The quantitative estimate of drug-likeness (QED) is 0.314. The predicted octanol–water partition coefficient (Wildman–Crippen LogP) is -0.262. The summed E-state index contributed by atoms with van der Waals surface area (Å²) in [6, 6.07) is 7.75. The van der Waals surface area contributed by atoms with Crippen LogP contribution < -0.4 is 15.8 Å². The number of nitrogens with one attached hydrogen (secondary N) is 1. The topological polar surface area (TPSA) is 90.7 Å². The normalized spacial score (nSPS) is 8.59. The molecule has 0 aliphatic heterocycles. The predicted molar refractivity (Wildman–Crippen MR) is 84.3 cm³/mol. The van der Waals surface area contributed by atoms with E-state index in [1.807, 2.05) is 31.2 Å². The molecule has 7 heteroatoms. The molecule has 0 aromatic heterocycles. The highest BCUT2D eigenvalue weighted by molar-refractivity contribution is 6.22. The highest BCUT2D eigenvalue weighted by Crippen LogP contribution is 2.11. The van der Waals surface area contributed by atoms with Gasteiger partial charge in [-0.15, -0.1) is 0 Å². The molecule has 0 aliphatic rings. The molecular weight excluding hydrogens is 283 g/mol. The largest absolute Gasteiger partial charge is 0.491 e. The zero-order valence-electron chi connectivity index (χ0n) is 12.5. The van der Waals surface area contributed by atoms with Crippen molar-refractivity contribution in [2.45, 2.75) is 6.92 Å². The molecular formula is C15H19BN2O4. The number of rotatable bonds is 7. The molecule has 6 nitrogen and oxygen atoms in total. The third kappa shape index (κ3) is 11.4. The Hall–Kier alpha value is -2.46. The maximum absolute atomic E-state index is 11.2. The molecule has 0 atom stereocenters. The number of nitrogens with two attached hydrogens (primary N) is 1. The first kappa shape index (κ1) is 19.5. The van der Waals surface area contributed by atoms with E-state index < -0.39 is 0 Å². The van der Waals surface area contributed by atoms with E-state index in [4.69, 9.17) is 22.1 Å². The van der Waals surface area contributed by atoms with E-state index in [1.165, 1.54) is 0 Å². The third-order valence-electron chi connectivity index (χ3n) is 2.20. The Morgan fingerprint density at radius 1 is 1.45 bits per heavy atom. The Labute approximate surface area is 131 Å². The van der Waals surface area contributed by atoms with Crippen molar-refractivity contribution in [2.24, 2.45) is 5.73 Å². The summed E-state index contributed by atoms with van der Waals surface area (Å²) in [6.45, 7) is 2.98. The molecule has 0 saturated heterocycles. The van der Waals surface area contributed by atoms with Crippen molar-refractivity contribution < 1.29 is 19.1 Å². The number of hydrogen-bond donors (Lipinski definition) is 2. The van der Waals surface area contributed by atoms with Gasteiger partial charge < -0.3 is 20.5 Å². The molecule has 0 heterocycles. The highest BCUT2D eigenvalue weighted by atomic mass is 16.5. The zero-order valence-corrected chi connectivity index (χ0v) is 12.5. The van der Waals surface area contributed by atoms with Crippen LogP contribution in [-0.2, 0) is 14.3 Å². The van der Waals surface area contributed by atoms with Gasteiger partial charge in [-0.3, -0.25) is 9.59 Å². The van der Waals surface area contributed by atoms with Crippen molar-refractivity contribution in [1.29, 1.82) is 0 Å². The van der Waals surface area contributed by atoms with Crippen LogP contribution in [0.2, 0.25) is 0 Å². The van der Waals surface area contributed by atoms with Crippen LogP contribution in [0.5, 0.6) is 5.75 Å². The summed E-state index contributed by atoms with van der Waals surface area (Å²) in [5.41, 5.74) is 5.30. The van der Waals surface area contributed by atoms with Gasteiger partial charge in [-0.1, -0.05) is 18.1 Å². The minimum Gasteiger partial charge on any atom is -0.491 e. The Kier molecular flexibility index (Phi) is 12.0. The van der Waals surface area contributed by atoms with Gasteiger partial charge in [0.15, 0.2) is 7.85 Å². The Morgan fingerprint density at radius 2 is 2.18 bits per heavy atom. The molecule has 0 fully saturated rings. The standard InChI is InChI=1S/C14H16BNO3.CH3NO/c1-12-4-2-5-13(10-12)19-9-8-18-11-14(17)16-7-3-6-15;2-1-3/h2,4-5,10H,7-9,11H2,1H3,(H,16,17);1H,(H2,2,3). The lowest BCUT2D eigenvalue weighted by molar-refractivity contribution is -0.125. The van der Waals surface area contributed by atoms with Crippen molar-refractivity contribution >= 4 is 20.2 Å². The van der Waals surface area contributed by atoms with Crippen LogP contribution in [0.3, 0.4) is 0 Å². The molecule has 1 aromatic rings. The van der Waals surface area contributed by atoms with E-state index >= 15 is 0 Å². The Bertz CT molecular complexity index is 512. The number of aryl methyl sites for hydroxylation is 1. The molecule has 116 valence electrons. The second-order valence-electron chi connectivity index (χ2n) is 3.95. The summed E-state index contributed by atoms with van der Waals surface area (Å²) in [5, 5.41) is 2.54. The fourth-order valence-electron chi connectivity index (χ4n) is 1.33. The van der Waals surface area contributed by atoms with E-state index in [1.54, 1.807) is 0 Å². The lowest BCUT2D eigenvalue weighted by Gasteiger charge is -2.07. The molecule has 1 rings (SSSR count). The molecule has 1 aromatic carbocycles. The van der Waals surface area contributed by atoms with Crippen molar-refractivity contribution in [3.05, 3.63) is 29.8 Å². The molecule has 0 unspecified atom stereocenters. The monoisotopic (exact) mass is 302 g/mol. The maximum Gasteiger partial charge on any atom is 0.246 e. The summed E-state index contributed by atoms with van der Waals surface area (Å²) in [7, 11) is 4.96. The molecule has 0 spiro atoms. The molecule has 0 bridgehead atoms. The highest BCUT2D eigenvalue weighted by Gasteiger charge is 1.99. The second-order valence-corrected chi connectivity index (χ2v) is 3.95. The second kappa shape index (κ2) is 13.5. The van der Waals surface area contributed by atoms with Gasteiger partial charge >= 0.3 is 0 Å². The van der Waals surface area contributed by atoms with E-state index in [2.05, 4.69) is 22.8 Å². The van der Waals surface area contributed by atoms with Crippen molar-refractivity contribution in [3.8, 4) is 17.5 Å². The molecule has 22 heavy (non-hydrogen) atoms. The number of benzene rings is 1. The molecule has 3 N–H and O–H groups in total. The van der Waals surface area contributed by atoms with Crippen molar-refractivity contribution in [2.75, 3.05) is 26.4 Å². The average Bonchev–Trinajstić information content (AvgIpc) is 2.48. The number of carbonyl (C=O) groups excluding carboxylic acids is 2. The number of primary amides is 1. The van der Waals surface area contributed by atoms with Gasteiger partial charge in [0.2, 0.25) is 12.3 Å². The number of hydrogen-bond acceptors (Lipinski definition) is 4. The first-order valence-electron chi connectivity index (χ1n) is 6.51. The summed E-state index contributed by atoms with van der Waals surface area (Å²) >= 11 is 0. The van der Waals surface area contributed by atoms with Gasteiger partial charge in [0, 0.05) is 0 Å². The van der Waals surface area contributed by atoms with E-state index in [-0.39, 0.29) is 25.5 Å². The van der Waals surface area contributed by atoms with E-state index in [0.29, 0.717) is 13.2 Å². The Morgan fingerprint density at radius 3 is 2.82 bits per heavy atom. The van der Waals surface area contributed by atoms with Gasteiger partial charge in [0.1, 0.15) is 19.0 Å². The summed E-state index contributed by atoms with van der Waals surface area (Å²) in [6.07, 6.45) is 0.250. The lowest BCUT2D eigenvalue weighted by Crippen LogP contribution is -2.28. The Balaban J connectivity index is 0.00000135. The summed E-state index contributed by atoms with van der Waals surface area (Å²) in [5.74, 6) is 5.29. The summed E-state index contributed by atoms with van der Waals surface area (Å²) in [4.78, 5) is 19.8. The first-order valence-corrected chi connectivity index (χ1v) is 6.51. The van der Waals surface area contributed by atoms with Crippen LogP contribution in [0.1, 0.15) is 5.56 Å². The van der Waals surface area contributed by atoms with Crippen LogP contribution in [0.15, 0.2) is 24.3 Å². The minimum absolute atomic E-state index is 0.0105. The van der Waals surface area contributed by atoms with E-state index in [0.717, 1.165) is 11.3 Å². The maximum atomic E-state index is 11.2. The number of ether oxygens (including phenoxy) is 2. The zero-order chi connectivity index (χ0) is 16.6. The van der Waals surface area contributed by atoms with Gasteiger partial charge in [0.05, 0.1) is 13.2 Å². The van der Waals surface area contributed by atoms with E-state index in [9.17, 15) is 4.79 Å². The third-order valence-corrected chi connectivity index (χ3v) is 2.20. The van der Waals surface area contributed by atoms with Gasteiger partial charge in [-0.25, -0.2) is 0 Å². The molecule has 2 amide bonds. The van der Waals surface area contributed by atoms with Crippen molar-refractivity contribution in [1.82, 2.24) is 5.32 Å². The number of amides is 2. The van der Waals surface area contributed by atoms with Crippen LogP contribution in [0, 0.1) is 18.7 Å². The van der Waals surface area contributed by atoms with Crippen LogP contribution in [0.4, 0.5) is 0 Å². The SMILES string of the molecule is NC=O.[B]C#CCNC(=O)COCCOc1cccc(C)c1. The van der Waals surface area contributed by atoms with Crippen molar-refractivity contribution in [3.63, 3.8) is 0 Å². The fraction of sp³-hybridized carbons (Fsp3) is 0.333. The van der Waals surface area contributed by atoms with Crippen LogP contribution in [0.25, 0.3) is 0 Å². The first-order chi connectivity index (χ1) is 10.6. The lowest BCUT2D eigenvalue weighted by atomic mass is 10.2. The smallest absolute Gasteiger partial charge is 0.246 e. The molecule has 2 radical (unpaired) electrons. The van der Waals surface area contributed by atoms with Gasteiger partial charge in [-0.2, -0.15) is 5.82 Å². The fourth-order valence-corrected chi connectivity index (χ4v) is 1.33. The minimum atomic E-state index is -0.224. The van der Waals surface area contributed by atoms with Gasteiger partial charge in [0.25, 0.3) is 0 Å². The average molecular weight is 302 g/mol. The van der Waals surface area contributed by atoms with Crippen LogP contribution in [-0.4, -0.2) is 46.5 Å². The van der Waals surface area contributed by atoms with Gasteiger partial charge in [-0.05, 0) is 24.6 Å².